The second-order valence-electron chi connectivity index (χ2n) is 10.8. The van der Waals surface area contributed by atoms with E-state index in [4.69, 9.17) is 4.55 Å². The molecule has 0 saturated carbocycles. The van der Waals surface area contributed by atoms with Gasteiger partial charge in [-0.1, -0.05) is 61.6 Å². The van der Waals surface area contributed by atoms with Gasteiger partial charge in [0.15, 0.2) is 5.75 Å². The summed E-state index contributed by atoms with van der Waals surface area (Å²) in [6.07, 6.45) is 0. The number of benzene rings is 4. The molecule has 57 heavy (non-hydrogen) atoms. The Morgan fingerprint density at radius 1 is 0.684 bits per heavy atom. The molecule has 2 heterocycles. The smallest absolute Gasteiger partial charge is 0.505 e. The van der Waals surface area contributed by atoms with Crippen LogP contribution in [0.25, 0.3) is 11.4 Å². The number of aryl methyl sites for hydroxylation is 2. The number of para-hydroxylation sites is 2. The molecule has 2 aromatic heterocycles. The van der Waals surface area contributed by atoms with Gasteiger partial charge in [-0.2, -0.15) is 18.6 Å². The van der Waals surface area contributed by atoms with Crippen LogP contribution in [0.15, 0.2) is 126 Å². The molecule has 0 aliphatic carbocycles. The zero-order chi connectivity index (χ0) is 39.3. The molecule has 4 aromatic carbocycles. The van der Waals surface area contributed by atoms with Crippen molar-refractivity contribution in [1.82, 2.24) is 19.6 Å². The molecule has 3 N–H and O–H groups in total. The number of hydrogen-bond donors (Lipinski definition) is 3. The molecule has 0 fully saturated rings. The average molecular weight is 855 g/mol. The summed E-state index contributed by atoms with van der Waals surface area (Å²) in [6.45, 7) is 3.09. The van der Waals surface area contributed by atoms with E-state index in [1.807, 2.05) is 6.07 Å². The fourth-order valence-electron chi connectivity index (χ4n) is 4.59. The molecule has 0 aliphatic rings. The van der Waals surface area contributed by atoms with Gasteiger partial charge in [0.05, 0.1) is 27.3 Å². The van der Waals surface area contributed by atoms with E-state index in [9.17, 15) is 48.4 Å². The molecule has 0 saturated heterocycles. The number of azo groups is 2. The van der Waals surface area contributed by atoms with E-state index < -0.39 is 58.9 Å². The van der Waals surface area contributed by atoms with Crippen molar-refractivity contribution in [2.45, 2.75) is 18.7 Å². The van der Waals surface area contributed by atoms with Crippen LogP contribution in [-0.4, -0.2) is 52.6 Å². The number of phenols is 2. The van der Waals surface area contributed by atoms with Crippen LogP contribution in [0.1, 0.15) is 11.4 Å². The van der Waals surface area contributed by atoms with Crippen LogP contribution in [-0.2, 0) is 27.5 Å². The Kier molecular flexibility index (Phi) is 17.2. The van der Waals surface area contributed by atoms with Crippen molar-refractivity contribution in [3.63, 3.8) is 0 Å². The molecule has 0 spiro atoms. The van der Waals surface area contributed by atoms with Crippen LogP contribution >= 0.6 is 0 Å². The third-order valence-corrected chi connectivity index (χ3v) is 8.06. The van der Waals surface area contributed by atoms with Gasteiger partial charge in [-0.05, 0) is 30.3 Å². The molecule has 21 nitrogen and oxygen atoms in total. The van der Waals surface area contributed by atoms with Crippen LogP contribution in [0.4, 0.5) is 34.1 Å². The summed E-state index contributed by atoms with van der Waals surface area (Å²) >= 11 is 0. The molecule has 0 bridgehead atoms. The van der Waals surface area contributed by atoms with Crippen molar-refractivity contribution in [2.24, 2.45) is 20.5 Å². The van der Waals surface area contributed by atoms with Crippen molar-refractivity contribution < 1.29 is 110 Å². The number of non-ortho nitro benzene ring substituents is 2. The number of aromatic nitrogens is 4. The number of phenolic OH excluding ortho intramolecular Hbond substituents is 2. The van der Waals surface area contributed by atoms with Crippen molar-refractivity contribution in [1.29, 1.82) is 0 Å². The number of nitro groups is 2. The Morgan fingerprint density at radius 2 is 1.12 bits per heavy atom. The second-order valence-corrected chi connectivity index (χ2v) is 12.2. The molecular weight excluding hydrogens is 830 g/mol. The molecular formula is C32H24CrN10Na2O11S. The van der Waals surface area contributed by atoms with Gasteiger partial charge in [0.1, 0.15) is 33.1 Å². The van der Waals surface area contributed by atoms with Gasteiger partial charge < -0.3 is 30.0 Å². The van der Waals surface area contributed by atoms with E-state index in [0.717, 1.165) is 16.8 Å². The molecule has 0 aliphatic heterocycles. The summed E-state index contributed by atoms with van der Waals surface area (Å²) in [5, 5.41) is 64.6. The van der Waals surface area contributed by atoms with E-state index in [2.05, 4.69) is 30.7 Å². The minimum Gasteiger partial charge on any atom is -0.505 e. The van der Waals surface area contributed by atoms with Crippen molar-refractivity contribution in [2.75, 3.05) is 0 Å². The van der Waals surface area contributed by atoms with Gasteiger partial charge in [0.2, 0.25) is 0 Å². The molecule has 6 rings (SSSR count). The van der Waals surface area contributed by atoms with Crippen molar-refractivity contribution >= 4 is 44.2 Å². The maximum atomic E-state index is 12.5. The van der Waals surface area contributed by atoms with E-state index >= 15 is 0 Å². The maximum Gasteiger partial charge on any atom is 1.00 e. The minimum atomic E-state index is -4.98. The standard InChI is InChI=1S/C16H12N5O7S.C16H12N5O4.Cr.2Na/c1-9-14(16(23)20(19-9)10-5-3-2-4-6-10)18-17-12-7-11(21(24)25)8-13(15(12)22)29(26,27)28;1-10-15(16(23)20(19-10)11-5-3-2-4-6-11)18-17-13-8-7-12(21(24)25)9-14(13)22;;;/h2-8,22H,1H3,(H,26,27,28);2-9,22H,1H3;;;/q2*-1;;2*+1. The Labute approximate surface area is 375 Å². The van der Waals surface area contributed by atoms with E-state index in [1.54, 1.807) is 61.5 Å². The molecule has 25 heteroatoms. The first-order chi connectivity index (χ1) is 25.6. The molecule has 0 unspecified atom stereocenters. The van der Waals surface area contributed by atoms with Gasteiger partial charge in [-0.3, -0.25) is 24.8 Å². The fraction of sp³-hybridized carbons (Fsp3) is 0.0625. The van der Waals surface area contributed by atoms with Gasteiger partial charge >= 0.3 is 59.1 Å². The fourth-order valence-corrected chi connectivity index (χ4v) is 5.21. The Bertz CT molecular complexity index is 2700. The van der Waals surface area contributed by atoms with Gasteiger partial charge in [0, 0.05) is 35.6 Å². The molecule has 0 amide bonds. The summed E-state index contributed by atoms with van der Waals surface area (Å²) in [6, 6.07) is 21.9. The summed E-state index contributed by atoms with van der Waals surface area (Å²) in [4.78, 5) is 43.9. The Morgan fingerprint density at radius 3 is 1.53 bits per heavy atom. The first-order valence-electron chi connectivity index (χ1n) is 15.0. The van der Waals surface area contributed by atoms with Gasteiger partial charge in [-0.25, -0.2) is 19.6 Å². The Hall–Kier alpha value is -5.06. The minimum absolute atomic E-state index is 0. The third-order valence-electron chi connectivity index (χ3n) is 7.19. The van der Waals surface area contributed by atoms with E-state index in [-0.39, 0.29) is 105 Å². The van der Waals surface area contributed by atoms with Crippen LogP contribution in [0.5, 0.6) is 11.5 Å². The number of nitrogens with zero attached hydrogens (tertiary/aromatic N) is 10. The van der Waals surface area contributed by atoms with Crippen LogP contribution in [0.3, 0.4) is 0 Å². The summed E-state index contributed by atoms with van der Waals surface area (Å²) < 4.78 is 34.2. The zero-order valence-corrected chi connectivity index (χ0v) is 36.1. The van der Waals surface area contributed by atoms with Crippen LogP contribution in [0, 0.1) is 34.1 Å². The van der Waals surface area contributed by atoms with E-state index in [1.165, 1.54) is 23.7 Å². The average Bonchev–Trinajstić information content (AvgIpc) is 3.59. The molecule has 282 valence electrons. The van der Waals surface area contributed by atoms with Gasteiger partial charge in [0.25, 0.3) is 21.5 Å². The van der Waals surface area contributed by atoms with Crippen LogP contribution < -0.4 is 70.2 Å². The SMILES string of the molecule is Cc1nn(-c2ccccc2)c(=O)[c-]1N=Nc1cc([N+](=O)[O-])cc(S(=O)(=O)O)c1O.Cc1nn(-c2ccccc2)c(=O)[c-]1N=Nc1ccc([N+](=O)[O-])cc1O.[Cr].[Na+].[Na+]. The maximum absolute atomic E-state index is 12.5. The second kappa shape index (κ2) is 20.4. The summed E-state index contributed by atoms with van der Waals surface area (Å²) in [5.74, 6) is -1.46. The predicted molar refractivity (Wildman–Crippen MR) is 188 cm³/mol. The quantitative estimate of drug-likeness (QED) is 0.0426. The first kappa shape index (κ1) is 48.1. The van der Waals surface area contributed by atoms with Crippen molar-refractivity contribution in [3.8, 4) is 22.9 Å². The monoisotopic (exact) mass is 854 g/mol. The largest absolute Gasteiger partial charge is 1.00 e. The predicted octanol–water partition coefficient (Wildman–Crippen LogP) is -0.170. The topological polar surface area (TPSA) is 300 Å². The molecule has 6 aromatic rings. The third kappa shape index (κ3) is 11.3. The Balaban J connectivity index is 0.000000377. The summed E-state index contributed by atoms with van der Waals surface area (Å²) in [7, 11) is -4.98. The number of hydrogen-bond acceptors (Lipinski definition) is 16. The number of rotatable bonds is 9. The van der Waals surface area contributed by atoms with Gasteiger partial charge in [-0.15, -0.1) is 11.4 Å². The molecule has 0 radical (unpaired) electrons. The van der Waals surface area contributed by atoms with Crippen LogP contribution in [0.2, 0.25) is 0 Å². The van der Waals surface area contributed by atoms with E-state index in [0.29, 0.717) is 23.1 Å². The number of aromatic hydroxyl groups is 2. The van der Waals surface area contributed by atoms with Crippen molar-refractivity contribution in [3.05, 3.63) is 143 Å². The molecule has 0 atom stereocenters. The normalized spacial score (nSPS) is 10.9. The zero-order valence-electron chi connectivity index (χ0n) is 30.1. The summed E-state index contributed by atoms with van der Waals surface area (Å²) in [5.41, 5.74) is -1.31. The number of nitro benzene ring substituents is 2. The first-order valence-corrected chi connectivity index (χ1v) is 16.4.